The van der Waals surface area contributed by atoms with Crippen LogP contribution in [0.1, 0.15) is 48.4 Å². The molecule has 108 valence electrons. The van der Waals surface area contributed by atoms with E-state index < -0.39 is 6.04 Å². The number of nitriles is 1. The summed E-state index contributed by atoms with van der Waals surface area (Å²) in [5.74, 6) is 0.361. The molecule has 1 aliphatic carbocycles. The minimum absolute atomic E-state index is 0.188. The van der Waals surface area contributed by atoms with Gasteiger partial charge in [0.1, 0.15) is 12.6 Å². The molecule has 1 aromatic heterocycles. The van der Waals surface area contributed by atoms with E-state index in [4.69, 9.17) is 9.26 Å². The number of nitrogens with one attached hydrogen (secondary N) is 1. The van der Waals surface area contributed by atoms with E-state index in [-0.39, 0.29) is 24.1 Å². The number of hydrogen-bond acceptors (Lipinski definition) is 5. The van der Waals surface area contributed by atoms with Crippen LogP contribution < -0.4 is 5.32 Å². The zero-order valence-corrected chi connectivity index (χ0v) is 11.6. The molecular formula is C14H19N3O3. The topological polar surface area (TPSA) is 88.1 Å². The highest BCUT2D eigenvalue weighted by Gasteiger charge is 2.26. The van der Waals surface area contributed by atoms with Gasteiger partial charge < -0.3 is 14.6 Å². The number of nitrogens with zero attached hydrogens (tertiary/aromatic N) is 2. The Morgan fingerprint density at radius 2 is 2.35 bits per heavy atom. The van der Waals surface area contributed by atoms with Crippen molar-refractivity contribution < 1.29 is 14.1 Å². The molecule has 0 saturated heterocycles. The second kappa shape index (κ2) is 7.06. The lowest BCUT2D eigenvalue weighted by molar-refractivity contribution is 0.0919. The summed E-state index contributed by atoms with van der Waals surface area (Å²) in [6.07, 6.45) is 5.45. The predicted octanol–water partition coefficient (Wildman–Crippen LogP) is 2.02. The summed E-state index contributed by atoms with van der Waals surface area (Å²) in [6.45, 7) is 0.268. The predicted molar refractivity (Wildman–Crippen MR) is 70.7 cm³/mol. The molecule has 1 atom stereocenters. The number of carbonyl (C=O) groups excluding carboxylic acids is 1. The Balaban J connectivity index is 1.95. The van der Waals surface area contributed by atoms with Crippen molar-refractivity contribution in [3.63, 3.8) is 0 Å². The molecule has 0 radical (unpaired) electrons. The van der Waals surface area contributed by atoms with E-state index in [0.29, 0.717) is 5.76 Å². The number of amides is 1. The van der Waals surface area contributed by atoms with Crippen molar-refractivity contribution in [2.75, 3.05) is 7.11 Å². The van der Waals surface area contributed by atoms with Crippen LogP contribution in [-0.2, 0) is 11.3 Å². The third-order valence-corrected chi connectivity index (χ3v) is 3.63. The molecule has 1 unspecified atom stereocenters. The quantitative estimate of drug-likeness (QED) is 0.889. The van der Waals surface area contributed by atoms with Gasteiger partial charge in [-0.2, -0.15) is 5.26 Å². The van der Waals surface area contributed by atoms with Crippen LogP contribution in [0, 0.1) is 17.2 Å². The fourth-order valence-corrected chi connectivity index (χ4v) is 2.57. The van der Waals surface area contributed by atoms with Crippen LogP contribution >= 0.6 is 0 Å². The Kier molecular flexibility index (Phi) is 5.13. The first kappa shape index (κ1) is 14.5. The molecule has 6 heteroatoms. The third-order valence-electron chi connectivity index (χ3n) is 3.63. The molecule has 20 heavy (non-hydrogen) atoms. The Morgan fingerprint density at radius 3 is 3.00 bits per heavy atom. The first-order valence-corrected chi connectivity index (χ1v) is 6.89. The van der Waals surface area contributed by atoms with Gasteiger partial charge in [0.2, 0.25) is 0 Å². The van der Waals surface area contributed by atoms with Gasteiger partial charge in [-0.15, -0.1) is 0 Å². The highest BCUT2D eigenvalue weighted by atomic mass is 16.5. The SMILES string of the molecule is COCc1cc(C(=O)NC(C#N)C2CCCCC2)no1. The largest absolute Gasteiger partial charge is 0.377 e. The molecule has 0 spiro atoms. The van der Waals surface area contributed by atoms with E-state index in [1.54, 1.807) is 0 Å². The van der Waals surface area contributed by atoms with Gasteiger partial charge >= 0.3 is 0 Å². The van der Waals surface area contributed by atoms with Gasteiger partial charge in [0, 0.05) is 13.2 Å². The van der Waals surface area contributed by atoms with Crippen molar-refractivity contribution in [3.05, 3.63) is 17.5 Å². The molecular weight excluding hydrogens is 258 g/mol. The van der Waals surface area contributed by atoms with E-state index in [1.165, 1.54) is 19.6 Å². The van der Waals surface area contributed by atoms with Crippen molar-refractivity contribution in [1.82, 2.24) is 10.5 Å². The van der Waals surface area contributed by atoms with E-state index >= 15 is 0 Å². The molecule has 1 amide bonds. The van der Waals surface area contributed by atoms with Crippen LogP contribution in [0.25, 0.3) is 0 Å². The van der Waals surface area contributed by atoms with Crippen LogP contribution in [-0.4, -0.2) is 24.2 Å². The summed E-state index contributed by atoms with van der Waals surface area (Å²) in [5.41, 5.74) is 0.188. The lowest BCUT2D eigenvalue weighted by Crippen LogP contribution is -2.40. The smallest absolute Gasteiger partial charge is 0.274 e. The summed E-state index contributed by atoms with van der Waals surface area (Å²) >= 11 is 0. The maximum absolute atomic E-state index is 12.0. The summed E-state index contributed by atoms with van der Waals surface area (Å²) in [5, 5.41) is 15.7. The highest BCUT2D eigenvalue weighted by Crippen LogP contribution is 2.26. The van der Waals surface area contributed by atoms with E-state index in [9.17, 15) is 10.1 Å². The molecule has 1 fully saturated rings. The van der Waals surface area contributed by atoms with Gasteiger partial charge in [0.15, 0.2) is 11.5 Å². The first-order chi connectivity index (χ1) is 9.74. The lowest BCUT2D eigenvalue weighted by Gasteiger charge is -2.25. The molecule has 1 N–H and O–H groups in total. The van der Waals surface area contributed by atoms with Crippen LogP contribution in [0.5, 0.6) is 0 Å². The van der Waals surface area contributed by atoms with Gasteiger partial charge in [-0.25, -0.2) is 0 Å². The second-order valence-electron chi connectivity index (χ2n) is 5.09. The molecule has 1 aromatic rings. The fourth-order valence-electron chi connectivity index (χ4n) is 2.57. The maximum Gasteiger partial charge on any atom is 0.274 e. The third kappa shape index (κ3) is 3.58. The van der Waals surface area contributed by atoms with Crippen molar-refractivity contribution in [3.8, 4) is 6.07 Å². The van der Waals surface area contributed by atoms with Gasteiger partial charge in [-0.1, -0.05) is 24.4 Å². The van der Waals surface area contributed by atoms with Crippen LogP contribution in [0.4, 0.5) is 0 Å². The lowest BCUT2D eigenvalue weighted by atomic mass is 9.84. The van der Waals surface area contributed by atoms with E-state index in [1.807, 2.05) is 0 Å². The molecule has 0 aliphatic heterocycles. The number of rotatable bonds is 5. The molecule has 6 nitrogen and oxygen atoms in total. The van der Waals surface area contributed by atoms with Crippen LogP contribution in [0.15, 0.2) is 10.6 Å². The maximum atomic E-state index is 12.0. The second-order valence-corrected chi connectivity index (χ2v) is 5.09. The van der Waals surface area contributed by atoms with Gasteiger partial charge in [0.05, 0.1) is 6.07 Å². The summed E-state index contributed by atoms with van der Waals surface area (Å²) < 4.78 is 9.87. The van der Waals surface area contributed by atoms with Gasteiger partial charge in [-0.05, 0) is 18.8 Å². The number of methoxy groups -OCH3 is 1. The molecule has 1 aliphatic rings. The summed E-state index contributed by atoms with van der Waals surface area (Å²) in [6, 6.07) is 3.27. The number of carbonyl (C=O) groups is 1. The van der Waals surface area contributed by atoms with Crippen molar-refractivity contribution >= 4 is 5.91 Å². The highest BCUT2D eigenvalue weighted by molar-refractivity contribution is 5.92. The fraction of sp³-hybridized carbons (Fsp3) is 0.643. The minimum atomic E-state index is -0.453. The summed E-state index contributed by atoms with van der Waals surface area (Å²) in [4.78, 5) is 12.0. The van der Waals surface area contributed by atoms with E-state index in [2.05, 4.69) is 16.5 Å². The number of aromatic nitrogens is 1. The average Bonchev–Trinajstić information content (AvgIpc) is 2.94. The Bertz CT molecular complexity index is 486. The zero-order chi connectivity index (χ0) is 14.4. The first-order valence-electron chi connectivity index (χ1n) is 6.89. The monoisotopic (exact) mass is 277 g/mol. The van der Waals surface area contributed by atoms with Crippen LogP contribution in [0.3, 0.4) is 0 Å². The van der Waals surface area contributed by atoms with Crippen LogP contribution in [0.2, 0.25) is 0 Å². The Labute approximate surface area is 118 Å². The molecule has 0 aromatic carbocycles. The minimum Gasteiger partial charge on any atom is -0.377 e. The van der Waals surface area contributed by atoms with Crippen molar-refractivity contribution in [1.29, 1.82) is 5.26 Å². The van der Waals surface area contributed by atoms with Crippen molar-refractivity contribution in [2.24, 2.45) is 5.92 Å². The zero-order valence-electron chi connectivity index (χ0n) is 11.6. The van der Waals surface area contributed by atoms with Gasteiger partial charge in [0.25, 0.3) is 5.91 Å². The molecule has 1 heterocycles. The Morgan fingerprint density at radius 1 is 1.60 bits per heavy atom. The molecule has 0 bridgehead atoms. The standard InChI is InChI=1S/C14H19N3O3/c1-19-9-11-7-12(17-20-11)14(18)16-13(8-15)10-5-3-2-4-6-10/h7,10,13H,2-6,9H2,1H3,(H,16,18). The van der Waals surface area contributed by atoms with Gasteiger partial charge in [-0.3, -0.25) is 4.79 Å². The normalized spacial score (nSPS) is 17.4. The van der Waals surface area contributed by atoms with E-state index in [0.717, 1.165) is 25.7 Å². The Hall–Kier alpha value is -1.87. The summed E-state index contributed by atoms with van der Waals surface area (Å²) in [7, 11) is 1.54. The average molecular weight is 277 g/mol. The van der Waals surface area contributed by atoms with Crippen molar-refractivity contribution in [2.45, 2.75) is 44.8 Å². The number of hydrogen-bond donors (Lipinski definition) is 1. The molecule has 2 rings (SSSR count). The number of ether oxygens (including phenoxy) is 1. The molecule has 1 saturated carbocycles.